The minimum absolute atomic E-state index is 0.621. The summed E-state index contributed by atoms with van der Waals surface area (Å²) in [6.07, 6.45) is 2.50. The third-order valence-electron chi connectivity index (χ3n) is 4.35. The molecule has 1 aliphatic rings. The Labute approximate surface area is 124 Å². The van der Waals surface area contributed by atoms with Crippen LogP contribution in [0.1, 0.15) is 31.4 Å². The molecule has 0 unspecified atom stereocenters. The second kappa shape index (κ2) is 7.09. The van der Waals surface area contributed by atoms with Gasteiger partial charge in [-0.1, -0.05) is 12.1 Å². The summed E-state index contributed by atoms with van der Waals surface area (Å²) in [6, 6.07) is 7.55. The van der Waals surface area contributed by atoms with Gasteiger partial charge in [-0.25, -0.2) is 0 Å². The quantitative estimate of drug-likeness (QED) is 0.805. The fraction of sp³-hybridized carbons (Fsp3) is 0.647. The van der Waals surface area contributed by atoms with Gasteiger partial charge in [0, 0.05) is 45.0 Å². The molecule has 112 valence electrons. The Hall–Kier alpha value is -1.06. The highest BCUT2D eigenvalue weighted by molar-refractivity contribution is 5.56. The SMILES string of the molecule is CC(C)N(C)CCNCc1ccc2c(c1)CCCN2C. The van der Waals surface area contributed by atoms with Crippen LogP contribution in [0.15, 0.2) is 18.2 Å². The Bertz CT molecular complexity index is 428. The lowest BCUT2D eigenvalue weighted by atomic mass is 9.99. The van der Waals surface area contributed by atoms with Gasteiger partial charge < -0.3 is 15.1 Å². The monoisotopic (exact) mass is 275 g/mol. The van der Waals surface area contributed by atoms with Gasteiger partial charge in [0.1, 0.15) is 0 Å². The third kappa shape index (κ3) is 3.97. The van der Waals surface area contributed by atoms with E-state index >= 15 is 0 Å². The molecule has 0 aliphatic carbocycles. The average Bonchev–Trinajstić information content (AvgIpc) is 2.43. The Morgan fingerprint density at radius 2 is 2.15 bits per heavy atom. The van der Waals surface area contributed by atoms with Crippen molar-refractivity contribution in [1.29, 1.82) is 0 Å². The third-order valence-corrected chi connectivity index (χ3v) is 4.35. The zero-order valence-electron chi connectivity index (χ0n) is 13.4. The summed E-state index contributed by atoms with van der Waals surface area (Å²) in [5.74, 6) is 0. The Kier molecular flexibility index (Phi) is 5.44. The first-order valence-corrected chi connectivity index (χ1v) is 7.82. The van der Waals surface area contributed by atoms with Crippen molar-refractivity contribution < 1.29 is 0 Å². The highest BCUT2D eigenvalue weighted by atomic mass is 15.1. The second-order valence-electron chi connectivity index (χ2n) is 6.24. The molecule has 1 aromatic carbocycles. The largest absolute Gasteiger partial charge is 0.374 e. The lowest BCUT2D eigenvalue weighted by molar-refractivity contribution is 0.273. The van der Waals surface area contributed by atoms with E-state index < -0.39 is 0 Å². The number of fused-ring (bicyclic) bond motifs is 1. The minimum atomic E-state index is 0.621. The molecule has 0 atom stereocenters. The van der Waals surface area contributed by atoms with Crippen LogP contribution >= 0.6 is 0 Å². The molecule has 0 saturated heterocycles. The van der Waals surface area contributed by atoms with Gasteiger partial charge in [-0.05, 0) is 50.9 Å². The average molecular weight is 275 g/mol. The minimum Gasteiger partial charge on any atom is -0.374 e. The maximum atomic E-state index is 3.55. The molecule has 1 aromatic rings. The zero-order valence-corrected chi connectivity index (χ0v) is 13.4. The molecule has 0 radical (unpaired) electrons. The van der Waals surface area contributed by atoms with Crippen molar-refractivity contribution >= 4 is 5.69 Å². The number of hydrogen-bond acceptors (Lipinski definition) is 3. The maximum Gasteiger partial charge on any atom is 0.0396 e. The Morgan fingerprint density at radius 3 is 2.90 bits per heavy atom. The van der Waals surface area contributed by atoms with Crippen LogP contribution in [0.4, 0.5) is 5.69 Å². The van der Waals surface area contributed by atoms with Crippen LogP contribution in [0.2, 0.25) is 0 Å². The number of nitrogens with one attached hydrogen (secondary N) is 1. The summed E-state index contributed by atoms with van der Waals surface area (Å²) in [5.41, 5.74) is 4.34. The molecule has 0 saturated carbocycles. The van der Waals surface area contributed by atoms with Crippen molar-refractivity contribution in [3.63, 3.8) is 0 Å². The summed E-state index contributed by atoms with van der Waals surface area (Å²) in [7, 11) is 4.37. The number of anilines is 1. The van der Waals surface area contributed by atoms with E-state index in [0.717, 1.165) is 19.6 Å². The summed E-state index contributed by atoms with van der Waals surface area (Å²) in [5, 5.41) is 3.55. The molecule has 1 aliphatic heterocycles. The van der Waals surface area contributed by atoms with Gasteiger partial charge in [0.15, 0.2) is 0 Å². The van der Waals surface area contributed by atoms with Gasteiger partial charge in [0.05, 0.1) is 0 Å². The first-order chi connectivity index (χ1) is 9.58. The zero-order chi connectivity index (χ0) is 14.5. The van der Waals surface area contributed by atoms with Gasteiger partial charge in [0.2, 0.25) is 0 Å². The molecule has 3 nitrogen and oxygen atoms in total. The van der Waals surface area contributed by atoms with Crippen molar-refractivity contribution in [1.82, 2.24) is 10.2 Å². The van der Waals surface area contributed by atoms with Crippen molar-refractivity contribution in [2.24, 2.45) is 0 Å². The summed E-state index contributed by atoms with van der Waals surface area (Å²) in [4.78, 5) is 4.74. The molecule has 0 bridgehead atoms. The number of nitrogens with zero attached hydrogens (tertiary/aromatic N) is 2. The first-order valence-electron chi connectivity index (χ1n) is 7.82. The number of likely N-dealkylation sites (N-methyl/N-ethyl adjacent to an activating group) is 1. The molecule has 0 amide bonds. The molecule has 0 fully saturated rings. The first kappa shape index (κ1) is 15.3. The topological polar surface area (TPSA) is 18.5 Å². The molecular formula is C17H29N3. The molecular weight excluding hydrogens is 246 g/mol. The highest BCUT2D eigenvalue weighted by Crippen LogP contribution is 2.26. The number of hydrogen-bond donors (Lipinski definition) is 1. The molecule has 2 rings (SSSR count). The fourth-order valence-corrected chi connectivity index (χ4v) is 2.69. The van der Waals surface area contributed by atoms with Gasteiger partial charge in [-0.3, -0.25) is 0 Å². The van der Waals surface area contributed by atoms with Gasteiger partial charge in [0.25, 0.3) is 0 Å². The molecule has 3 heteroatoms. The molecule has 0 aromatic heterocycles. The normalized spacial score (nSPS) is 15.0. The standard InChI is InChI=1S/C17H29N3/c1-14(2)19(3)11-9-18-13-15-7-8-17-16(12-15)6-5-10-20(17)4/h7-8,12,14,18H,5-6,9-11,13H2,1-4H3. The highest BCUT2D eigenvalue weighted by Gasteiger charge is 2.13. The van der Waals surface area contributed by atoms with E-state index in [0.29, 0.717) is 6.04 Å². The van der Waals surface area contributed by atoms with Crippen LogP contribution < -0.4 is 10.2 Å². The van der Waals surface area contributed by atoms with Gasteiger partial charge in [-0.15, -0.1) is 0 Å². The van der Waals surface area contributed by atoms with Crippen LogP contribution in [0.3, 0.4) is 0 Å². The number of rotatable bonds is 6. The van der Waals surface area contributed by atoms with E-state index in [1.807, 2.05) is 0 Å². The lowest BCUT2D eigenvalue weighted by Gasteiger charge is -2.28. The number of benzene rings is 1. The number of aryl methyl sites for hydroxylation is 1. The van der Waals surface area contributed by atoms with Crippen molar-refractivity contribution in [2.75, 3.05) is 38.6 Å². The Balaban J connectivity index is 1.82. The van der Waals surface area contributed by atoms with E-state index in [4.69, 9.17) is 0 Å². The van der Waals surface area contributed by atoms with Crippen LogP contribution in [0.5, 0.6) is 0 Å². The smallest absolute Gasteiger partial charge is 0.0396 e. The summed E-state index contributed by atoms with van der Waals surface area (Å²) in [6.45, 7) is 8.78. The van der Waals surface area contributed by atoms with Crippen molar-refractivity contribution in [2.45, 2.75) is 39.3 Å². The van der Waals surface area contributed by atoms with Crippen LogP contribution in [0, 0.1) is 0 Å². The van der Waals surface area contributed by atoms with E-state index in [1.165, 1.54) is 36.2 Å². The second-order valence-corrected chi connectivity index (χ2v) is 6.24. The maximum absolute atomic E-state index is 3.55. The van der Waals surface area contributed by atoms with E-state index in [1.54, 1.807) is 0 Å². The lowest BCUT2D eigenvalue weighted by Crippen LogP contribution is -2.33. The molecule has 1 N–H and O–H groups in total. The summed E-state index contributed by atoms with van der Waals surface area (Å²) >= 11 is 0. The van der Waals surface area contributed by atoms with E-state index in [2.05, 4.69) is 61.3 Å². The van der Waals surface area contributed by atoms with Crippen LogP contribution in [-0.4, -0.2) is 44.7 Å². The van der Waals surface area contributed by atoms with Crippen molar-refractivity contribution in [3.8, 4) is 0 Å². The predicted octanol–water partition coefficient (Wildman–Crippen LogP) is 2.50. The van der Waals surface area contributed by atoms with Gasteiger partial charge >= 0.3 is 0 Å². The van der Waals surface area contributed by atoms with Crippen molar-refractivity contribution in [3.05, 3.63) is 29.3 Å². The van der Waals surface area contributed by atoms with Crippen LogP contribution in [0.25, 0.3) is 0 Å². The predicted molar refractivity (Wildman–Crippen MR) is 87.5 cm³/mol. The Morgan fingerprint density at radius 1 is 1.35 bits per heavy atom. The fourth-order valence-electron chi connectivity index (χ4n) is 2.69. The summed E-state index contributed by atoms with van der Waals surface area (Å²) < 4.78 is 0. The molecule has 20 heavy (non-hydrogen) atoms. The van der Waals surface area contributed by atoms with Crippen LogP contribution in [-0.2, 0) is 13.0 Å². The van der Waals surface area contributed by atoms with E-state index in [-0.39, 0.29) is 0 Å². The van der Waals surface area contributed by atoms with E-state index in [9.17, 15) is 0 Å². The molecule has 0 spiro atoms. The van der Waals surface area contributed by atoms with Gasteiger partial charge in [-0.2, -0.15) is 0 Å². The molecule has 1 heterocycles.